The number of nitrogens with zero attached hydrogens (tertiary/aromatic N) is 6. The summed E-state index contributed by atoms with van der Waals surface area (Å²) in [6.07, 6.45) is 3.74. The number of likely N-dealkylation sites (tertiary alicyclic amines) is 2. The Bertz CT molecular complexity index is 1870. The minimum atomic E-state index is -0.662. The maximum atomic E-state index is 13.8. The molecular formula is C42H54N8O6. The van der Waals surface area contributed by atoms with Gasteiger partial charge in [-0.25, -0.2) is 19.6 Å². The topological polar surface area (TPSA) is 157 Å². The van der Waals surface area contributed by atoms with Crippen molar-refractivity contribution in [3.05, 3.63) is 70.8 Å². The fourth-order valence-electron chi connectivity index (χ4n) is 7.80. The molecule has 4 amide bonds. The first-order valence-electron chi connectivity index (χ1n) is 19.1. The number of carbonyl (C=O) groups is 4. The molecule has 4 heterocycles. The molecule has 2 fully saturated rings. The summed E-state index contributed by atoms with van der Waals surface area (Å²) in [5.74, 6) is 14.0. The van der Waals surface area contributed by atoms with E-state index in [0.29, 0.717) is 36.1 Å². The maximum absolute atomic E-state index is 13.8. The van der Waals surface area contributed by atoms with E-state index in [2.05, 4.69) is 57.5 Å². The standard InChI is InChI=1S/C42H54N8O6/c1-25(2)35(47(7)41(53)55-9)39(51)49-23-27(5)19-33(49)37-43-21-31(45-37)17-15-29-11-13-30(14-12-29)16-18-32-22-44-38(46-32)34-20-28(6)24-50(34)40(52)36(26(3)4)48(8)42(54)56-10/h11-14,21-22,25-28,33-36H,19-20,23-24H2,1-10H3,(H,43,45)(H,44,46)/t27-,28-,33-,34-,35-,36-/m0/s1. The van der Waals surface area contributed by atoms with E-state index in [1.807, 2.05) is 61.8 Å². The first-order chi connectivity index (χ1) is 26.6. The van der Waals surface area contributed by atoms with Gasteiger partial charge in [0.15, 0.2) is 0 Å². The number of rotatable bonds is 8. The molecule has 298 valence electrons. The zero-order chi connectivity index (χ0) is 40.8. The van der Waals surface area contributed by atoms with E-state index in [-0.39, 0.29) is 47.6 Å². The van der Waals surface area contributed by atoms with Crippen LogP contribution in [0.4, 0.5) is 9.59 Å². The molecule has 2 aliphatic heterocycles. The van der Waals surface area contributed by atoms with Crippen LogP contribution in [0.2, 0.25) is 0 Å². The van der Waals surface area contributed by atoms with Crippen LogP contribution in [0.5, 0.6) is 0 Å². The SMILES string of the molecule is COC(=O)N(C)[C@H](C(=O)N1C[C@@H](C)C[C@H]1c1ncc(C#Cc2ccc(C#Cc3cnc([C@@H]4C[C@H](C)CN4C(=O)[C@H](C(C)C)N(C)C(=O)OC)[nH]3)cc2)[nH]1)C(C)C. The number of imidazole rings is 2. The number of hydrogen-bond acceptors (Lipinski definition) is 8. The van der Waals surface area contributed by atoms with Crippen LogP contribution in [0, 0.1) is 47.4 Å². The van der Waals surface area contributed by atoms with Gasteiger partial charge in [-0.05, 0) is 72.6 Å². The number of ether oxygens (including phenoxy) is 2. The number of aromatic amines is 2. The van der Waals surface area contributed by atoms with Gasteiger partial charge >= 0.3 is 12.2 Å². The monoisotopic (exact) mass is 766 g/mol. The third kappa shape index (κ3) is 9.19. The van der Waals surface area contributed by atoms with E-state index in [0.717, 1.165) is 24.0 Å². The lowest BCUT2D eigenvalue weighted by Crippen LogP contribution is -2.52. The Labute approximate surface area is 329 Å². The molecule has 0 radical (unpaired) electrons. The van der Waals surface area contributed by atoms with Crippen molar-refractivity contribution in [1.82, 2.24) is 39.5 Å². The lowest BCUT2D eigenvalue weighted by Gasteiger charge is -2.34. The maximum Gasteiger partial charge on any atom is 0.409 e. The molecule has 0 aliphatic carbocycles. The molecule has 6 atom stereocenters. The number of carbonyl (C=O) groups excluding carboxylic acids is 4. The zero-order valence-electron chi connectivity index (χ0n) is 34.0. The van der Waals surface area contributed by atoms with Gasteiger partial charge in [-0.15, -0.1) is 0 Å². The average molecular weight is 767 g/mol. The van der Waals surface area contributed by atoms with Crippen molar-refractivity contribution in [3.63, 3.8) is 0 Å². The van der Waals surface area contributed by atoms with Crippen LogP contribution in [-0.2, 0) is 19.1 Å². The molecule has 1 aromatic carbocycles. The van der Waals surface area contributed by atoms with Crippen LogP contribution >= 0.6 is 0 Å². The molecule has 14 heteroatoms. The van der Waals surface area contributed by atoms with Gasteiger partial charge in [-0.1, -0.05) is 53.4 Å². The van der Waals surface area contributed by atoms with Crippen molar-refractivity contribution < 1.29 is 28.7 Å². The quantitative estimate of drug-likeness (QED) is 0.297. The molecule has 2 N–H and O–H groups in total. The minimum Gasteiger partial charge on any atom is -0.453 e. The third-order valence-electron chi connectivity index (χ3n) is 10.5. The number of aromatic nitrogens is 4. The van der Waals surface area contributed by atoms with Gasteiger partial charge in [0.25, 0.3) is 0 Å². The summed E-state index contributed by atoms with van der Waals surface area (Å²) in [6.45, 7) is 13.0. The van der Waals surface area contributed by atoms with Crippen molar-refractivity contribution in [3.8, 4) is 23.7 Å². The number of likely N-dealkylation sites (N-methyl/N-ethyl adjacent to an activating group) is 2. The average Bonchev–Trinajstić information content (AvgIpc) is 3.99. The lowest BCUT2D eigenvalue weighted by molar-refractivity contribution is -0.139. The summed E-state index contributed by atoms with van der Waals surface area (Å²) in [4.78, 5) is 74.4. The van der Waals surface area contributed by atoms with Gasteiger partial charge in [0.2, 0.25) is 11.8 Å². The highest BCUT2D eigenvalue weighted by molar-refractivity contribution is 5.87. The Hall–Kier alpha value is -5.76. The zero-order valence-corrected chi connectivity index (χ0v) is 34.0. The van der Waals surface area contributed by atoms with E-state index >= 15 is 0 Å². The predicted octanol–water partition coefficient (Wildman–Crippen LogP) is 5.20. The first kappa shape index (κ1) is 41.4. The highest BCUT2D eigenvalue weighted by atomic mass is 16.5. The van der Waals surface area contributed by atoms with E-state index in [1.165, 1.54) is 24.0 Å². The Balaban J connectivity index is 1.24. The molecule has 2 aliphatic rings. The van der Waals surface area contributed by atoms with Crippen molar-refractivity contribution in [2.75, 3.05) is 41.4 Å². The van der Waals surface area contributed by atoms with Gasteiger partial charge in [0.05, 0.1) is 38.7 Å². The number of benzene rings is 1. The van der Waals surface area contributed by atoms with Gasteiger partial charge in [-0.2, -0.15) is 0 Å². The van der Waals surface area contributed by atoms with Crippen LogP contribution in [-0.4, -0.2) is 117 Å². The van der Waals surface area contributed by atoms with Crippen LogP contribution in [0.1, 0.15) is 101 Å². The Kier molecular flexibility index (Phi) is 13.2. The summed E-state index contributed by atoms with van der Waals surface area (Å²) >= 11 is 0. The molecule has 2 aromatic heterocycles. The van der Waals surface area contributed by atoms with E-state index in [1.54, 1.807) is 26.5 Å². The van der Waals surface area contributed by atoms with Crippen molar-refractivity contribution >= 4 is 24.0 Å². The Morgan fingerprint density at radius 1 is 0.679 bits per heavy atom. The number of methoxy groups -OCH3 is 2. The molecule has 3 aromatic rings. The summed E-state index contributed by atoms with van der Waals surface area (Å²) in [5, 5.41) is 0. The van der Waals surface area contributed by atoms with Crippen LogP contribution in [0.3, 0.4) is 0 Å². The minimum absolute atomic E-state index is 0.111. The number of amides is 4. The highest BCUT2D eigenvalue weighted by Crippen LogP contribution is 2.37. The van der Waals surface area contributed by atoms with Crippen LogP contribution in [0.25, 0.3) is 0 Å². The molecule has 2 saturated heterocycles. The van der Waals surface area contributed by atoms with Crippen LogP contribution in [0.15, 0.2) is 36.7 Å². The summed E-state index contributed by atoms with van der Waals surface area (Å²) < 4.78 is 9.79. The molecular weight excluding hydrogens is 713 g/mol. The molecule has 0 saturated carbocycles. The number of hydrogen-bond donors (Lipinski definition) is 2. The fraction of sp³-hybridized carbons (Fsp3) is 0.524. The summed E-state index contributed by atoms with van der Waals surface area (Å²) in [5.41, 5.74) is 2.85. The Morgan fingerprint density at radius 2 is 1.04 bits per heavy atom. The van der Waals surface area contributed by atoms with Crippen molar-refractivity contribution in [2.45, 2.75) is 78.6 Å². The van der Waals surface area contributed by atoms with Crippen LogP contribution < -0.4 is 0 Å². The fourth-order valence-corrected chi connectivity index (χ4v) is 7.80. The predicted molar refractivity (Wildman–Crippen MR) is 210 cm³/mol. The van der Waals surface area contributed by atoms with E-state index in [9.17, 15) is 19.2 Å². The number of nitrogens with one attached hydrogen (secondary N) is 2. The Morgan fingerprint density at radius 3 is 1.36 bits per heavy atom. The lowest BCUT2D eigenvalue weighted by atomic mass is 10.0. The van der Waals surface area contributed by atoms with Gasteiger partial charge in [0, 0.05) is 38.3 Å². The second kappa shape index (κ2) is 17.8. The van der Waals surface area contributed by atoms with Gasteiger partial charge < -0.3 is 29.2 Å². The number of H-pyrrole nitrogens is 2. The molecule has 0 unspecified atom stereocenters. The summed E-state index contributed by atoms with van der Waals surface area (Å²) in [7, 11) is 5.80. The first-order valence-corrected chi connectivity index (χ1v) is 19.1. The highest BCUT2D eigenvalue weighted by Gasteiger charge is 2.43. The van der Waals surface area contributed by atoms with Crippen molar-refractivity contribution in [2.24, 2.45) is 23.7 Å². The normalized spacial score (nSPS) is 20.1. The van der Waals surface area contributed by atoms with Gasteiger partial charge in [-0.3, -0.25) is 19.4 Å². The molecule has 5 rings (SSSR count). The smallest absolute Gasteiger partial charge is 0.409 e. The molecule has 0 bridgehead atoms. The van der Waals surface area contributed by atoms with E-state index in [4.69, 9.17) is 9.47 Å². The molecule has 56 heavy (non-hydrogen) atoms. The largest absolute Gasteiger partial charge is 0.453 e. The molecule has 14 nitrogen and oxygen atoms in total. The summed E-state index contributed by atoms with van der Waals surface area (Å²) in [6, 6.07) is 5.75. The second-order valence-corrected chi connectivity index (χ2v) is 15.7. The van der Waals surface area contributed by atoms with Crippen molar-refractivity contribution in [1.29, 1.82) is 0 Å². The molecule has 0 spiro atoms. The van der Waals surface area contributed by atoms with E-state index < -0.39 is 24.3 Å². The third-order valence-corrected chi connectivity index (χ3v) is 10.5. The second-order valence-electron chi connectivity index (χ2n) is 15.7. The van der Waals surface area contributed by atoms with Gasteiger partial charge in [0.1, 0.15) is 35.1 Å².